The first-order valence-corrected chi connectivity index (χ1v) is 7.02. The number of likely N-dealkylation sites (N-methyl/N-ethyl adjacent to an activating group) is 1. The van der Waals surface area contributed by atoms with E-state index in [1.165, 1.54) is 0 Å². The molecule has 0 saturated carbocycles. The number of carbonyl (C=O) groups excluding carboxylic acids is 1. The fourth-order valence-electron chi connectivity index (χ4n) is 2.08. The van der Waals surface area contributed by atoms with Gasteiger partial charge in [0.2, 0.25) is 5.91 Å². The molecule has 2 N–H and O–H groups in total. The highest BCUT2D eigenvalue weighted by molar-refractivity contribution is 5.78. The summed E-state index contributed by atoms with van der Waals surface area (Å²) in [4.78, 5) is 16.2. The van der Waals surface area contributed by atoms with E-state index in [9.17, 15) is 4.79 Å². The van der Waals surface area contributed by atoms with Crippen molar-refractivity contribution in [2.45, 2.75) is 40.5 Å². The molecule has 0 fully saturated rings. The van der Waals surface area contributed by atoms with Crippen LogP contribution in [0.15, 0.2) is 0 Å². The maximum Gasteiger partial charge on any atom is 0.236 e. The van der Waals surface area contributed by atoms with Crippen molar-refractivity contribution in [1.82, 2.24) is 9.80 Å². The molecule has 0 aromatic rings. The van der Waals surface area contributed by atoms with E-state index in [1.807, 2.05) is 11.9 Å². The van der Waals surface area contributed by atoms with Gasteiger partial charge >= 0.3 is 0 Å². The molecule has 0 radical (unpaired) electrons. The normalized spacial score (nSPS) is 11.9. The second kappa shape index (κ2) is 8.48. The maximum atomic E-state index is 12.2. The molecule has 4 nitrogen and oxygen atoms in total. The van der Waals surface area contributed by atoms with Crippen molar-refractivity contribution >= 4 is 5.91 Å². The molecular weight excluding hydrogens is 226 g/mol. The lowest BCUT2D eigenvalue weighted by atomic mass is 9.93. The van der Waals surface area contributed by atoms with Gasteiger partial charge in [0.25, 0.3) is 0 Å². The summed E-state index contributed by atoms with van der Waals surface area (Å²) < 4.78 is 0. The molecule has 0 aromatic heterocycles. The van der Waals surface area contributed by atoms with E-state index >= 15 is 0 Å². The number of hydrogen-bond donors (Lipinski definition) is 1. The molecule has 0 aliphatic carbocycles. The minimum Gasteiger partial charge on any atom is -0.342 e. The summed E-state index contributed by atoms with van der Waals surface area (Å²) in [6.45, 7) is 12.2. The van der Waals surface area contributed by atoms with E-state index in [2.05, 4.69) is 32.6 Å². The topological polar surface area (TPSA) is 49.6 Å². The molecular formula is C14H31N3O. The van der Waals surface area contributed by atoms with E-state index in [0.29, 0.717) is 13.1 Å². The number of nitrogens with two attached hydrogens (primary N) is 1. The van der Waals surface area contributed by atoms with Crippen LogP contribution < -0.4 is 5.73 Å². The van der Waals surface area contributed by atoms with Gasteiger partial charge in [-0.25, -0.2) is 0 Å². The first-order chi connectivity index (χ1) is 8.36. The van der Waals surface area contributed by atoms with Gasteiger partial charge in [-0.15, -0.1) is 0 Å². The number of amides is 1. The smallest absolute Gasteiger partial charge is 0.236 e. The fourth-order valence-corrected chi connectivity index (χ4v) is 2.08. The van der Waals surface area contributed by atoms with Gasteiger partial charge in [0.1, 0.15) is 0 Å². The van der Waals surface area contributed by atoms with Crippen molar-refractivity contribution in [2.24, 2.45) is 11.1 Å². The maximum absolute atomic E-state index is 12.2. The Bertz CT molecular complexity index is 235. The summed E-state index contributed by atoms with van der Waals surface area (Å²) in [5.74, 6) is 0.231. The van der Waals surface area contributed by atoms with Crippen molar-refractivity contribution < 1.29 is 4.79 Å². The van der Waals surface area contributed by atoms with Crippen LogP contribution in [-0.2, 0) is 4.79 Å². The van der Waals surface area contributed by atoms with Crippen LogP contribution in [0.2, 0.25) is 0 Å². The van der Waals surface area contributed by atoms with Crippen molar-refractivity contribution in [1.29, 1.82) is 0 Å². The van der Waals surface area contributed by atoms with E-state index in [1.54, 1.807) is 0 Å². The monoisotopic (exact) mass is 257 g/mol. The molecule has 0 bridgehead atoms. The minimum absolute atomic E-state index is 0.0649. The van der Waals surface area contributed by atoms with Crippen LogP contribution in [0.4, 0.5) is 0 Å². The zero-order valence-corrected chi connectivity index (χ0v) is 12.8. The highest BCUT2D eigenvalue weighted by Gasteiger charge is 2.21. The quantitative estimate of drug-likeness (QED) is 0.682. The van der Waals surface area contributed by atoms with E-state index in [-0.39, 0.29) is 11.3 Å². The number of carbonyl (C=O) groups is 1. The van der Waals surface area contributed by atoms with Gasteiger partial charge in [-0.2, -0.15) is 0 Å². The lowest BCUT2D eigenvalue weighted by molar-refractivity contribution is -0.132. The van der Waals surface area contributed by atoms with Crippen molar-refractivity contribution in [2.75, 3.05) is 39.8 Å². The van der Waals surface area contributed by atoms with Crippen LogP contribution in [0.3, 0.4) is 0 Å². The summed E-state index contributed by atoms with van der Waals surface area (Å²) in [7, 11) is 1.99. The molecule has 0 aromatic carbocycles. The SMILES string of the molecule is CCCN(CCC)C(=O)CN(C)CC(C)(C)CN. The van der Waals surface area contributed by atoms with Gasteiger partial charge in [-0.05, 0) is 31.8 Å². The average molecular weight is 257 g/mol. The number of nitrogens with zero attached hydrogens (tertiary/aromatic N) is 2. The van der Waals surface area contributed by atoms with Crippen molar-refractivity contribution in [3.8, 4) is 0 Å². The summed E-state index contributed by atoms with van der Waals surface area (Å²) >= 11 is 0. The predicted octanol–water partition coefficient (Wildman–Crippen LogP) is 1.55. The standard InChI is InChI=1S/C14H31N3O/c1-6-8-17(9-7-2)13(18)10-16(5)12-14(3,4)11-15/h6-12,15H2,1-5H3. The first kappa shape index (κ1) is 17.4. The number of rotatable bonds is 9. The molecule has 0 rings (SSSR count). The zero-order valence-electron chi connectivity index (χ0n) is 12.8. The molecule has 0 unspecified atom stereocenters. The largest absolute Gasteiger partial charge is 0.342 e. The van der Waals surface area contributed by atoms with Gasteiger partial charge < -0.3 is 10.6 Å². The van der Waals surface area contributed by atoms with Crippen LogP contribution in [-0.4, -0.2) is 55.5 Å². The third-order valence-electron chi connectivity index (χ3n) is 3.00. The fraction of sp³-hybridized carbons (Fsp3) is 0.929. The van der Waals surface area contributed by atoms with Crippen LogP contribution in [0, 0.1) is 5.41 Å². The first-order valence-electron chi connectivity index (χ1n) is 7.02. The lowest BCUT2D eigenvalue weighted by Crippen LogP contribution is -2.44. The van der Waals surface area contributed by atoms with Crippen LogP contribution in [0.25, 0.3) is 0 Å². The average Bonchev–Trinajstić information content (AvgIpc) is 2.27. The third-order valence-corrected chi connectivity index (χ3v) is 3.00. The second-order valence-electron chi connectivity index (χ2n) is 5.92. The summed E-state index contributed by atoms with van der Waals surface area (Å²) in [6, 6.07) is 0. The van der Waals surface area contributed by atoms with Gasteiger partial charge in [0, 0.05) is 19.6 Å². The van der Waals surface area contributed by atoms with Gasteiger partial charge in [-0.3, -0.25) is 9.69 Å². The molecule has 0 aliphatic heterocycles. The van der Waals surface area contributed by atoms with E-state index < -0.39 is 0 Å². The second-order valence-corrected chi connectivity index (χ2v) is 5.92. The summed E-state index contributed by atoms with van der Waals surface area (Å²) in [5, 5.41) is 0. The van der Waals surface area contributed by atoms with Gasteiger partial charge in [0.05, 0.1) is 6.54 Å². The Labute approximate surface area is 113 Å². The Balaban J connectivity index is 4.26. The van der Waals surface area contributed by atoms with E-state index in [4.69, 9.17) is 5.73 Å². The minimum atomic E-state index is 0.0649. The van der Waals surface area contributed by atoms with Crippen molar-refractivity contribution in [3.63, 3.8) is 0 Å². The summed E-state index contributed by atoms with van der Waals surface area (Å²) in [6.07, 6.45) is 2.04. The molecule has 18 heavy (non-hydrogen) atoms. The van der Waals surface area contributed by atoms with Crippen LogP contribution >= 0.6 is 0 Å². The molecule has 1 amide bonds. The van der Waals surface area contributed by atoms with Gasteiger partial charge in [0.15, 0.2) is 0 Å². The Hall–Kier alpha value is -0.610. The molecule has 108 valence electrons. The Morgan fingerprint density at radius 1 is 1.17 bits per heavy atom. The molecule has 0 heterocycles. The van der Waals surface area contributed by atoms with Crippen LogP contribution in [0.5, 0.6) is 0 Å². The highest BCUT2D eigenvalue weighted by atomic mass is 16.2. The zero-order chi connectivity index (χ0) is 14.2. The highest BCUT2D eigenvalue weighted by Crippen LogP contribution is 2.13. The Morgan fingerprint density at radius 2 is 1.67 bits per heavy atom. The molecule has 0 saturated heterocycles. The molecule has 0 aliphatic rings. The Kier molecular flexibility index (Phi) is 8.20. The van der Waals surface area contributed by atoms with Gasteiger partial charge in [-0.1, -0.05) is 27.7 Å². The molecule has 0 spiro atoms. The lowest BCUT2D eigenvalue weighted by Gasteiger charge is -2.30. The Morgan fingerprint density at radius 3 is 2.06 bits per heavy atom. The summed E-state index contributed by atoms with van der Waals surface area (Å²) in [5.41, 5.74) is 5.78. The predicted molar refractivity (Wildman–Crippen MR) is 77.5 cm³/mol. The van der Waals surface area contributed by atoms with E-state index in [0.717, 1.165) is 32.5 Å². The molecule has 4 heteroatoms. The molecule has 0 atom stereocenters. The van der Waals surface area contributed by atoms with Crippen molar-refractivity contribution in [3.05, 3.63) is 0 Å². The number of hydrogen-bond acceptors (Lipinski definition) is 3. The van der Waals surface area contributed by atoms with Crippen LogP contribution in [0.1, 0.15) is 40.5 Å². The third kappa shape index (κ3) is 6.97.